The van der Waals surface area contributed by atoms with Gasteiger partial charge in [-0.3, -0.25) is 4.79 Å². The van der Waals surface area contributed by atoms with E-state index in [0.29, 0.717) is 12.8 Å². The molecule has 0 saturated carbocycles. The van der Waals surface area contributed by atoms with E-state index >= 15 is 0 Å². The molecule has 0 aliphatic carbocycles. The van der Waals surface area contributed by atoms with Gasteiger partial charge in [0.15, 0.2) is 0 Å². The fraction of sp³-hybridized carbons (Fsp3) is 0.550. The van der Waals surface area contributed by atoms with Crippen molar-refractivity contribution in [2.24, 2.45) is 0 Å². The van der Waals surface area contributed by atoms with Gasteiger partial charge in [-0.25, -0.2) is 0 Å². The maximum Gasteiger partial charge on any atom is 0.303 e. The van der Waals surface area contributed by atoms with Crippen molar-refractivity contribution < 1.29 is 20.1 Å². The molecule has 0 amide bonds. The number of allylic oxidation sites excluding steroid dienone is 6. The van der Waals surface area contributed by atoms with E-state index in [9.17, 15) is 9.90 Å². The van der Waals surface area contributed by atoms with Crippen molar-refractivity contribution in [1.82, 2.24) is 0 Å². The van der Waals surface area contributed by atoms with Crippen LogP contribution in [-0.4, -0.2) is 34.0 Å². The summed E-state index contributed by atoms with van der Waals surface area (Å²) in [4.78, 5) is 10.3. The van der Waals surface area contributed by atoms with Crippen LogP contribution in [0.15, 0.2) is 48.6 Å². The molecule has 4 heteroatoms. The third-order valence-corrected chi connectivity index (χ3v) is 3.35. The Morgan fingerprint density at radius 1 is 0.875 bits per heavy atom. The number of carboxylic acids is 1. The predicted octanol–water partition coefficient (Wildman–Crippen LogP) is 4.16. The monoisotopic (exact) mass is 336 g/mol. The molecule has 1 atom stereocenters. The molecule has 0 fully saturated rings. The normalized spacial score (nSPS) is 13.8. The number of hydrogen-bond donors (Lipinski definition) is 3. The van der Waals surface area contributed by atoms with E-state index in [0.717, 1.165) is 38.5 Å². The van der Waals surface area contributed by atoms with Crippen molar-refractivity contribution in [3.8, 4) is 0 Å². The van der Waals surface area contributed by atoms with E-state index in [-0.39, 0.29) is 13.0 Å². The lowest BCUT2D eigenvalue weighted by atomic mass is 10.1. The van der Waals surface area contributed by atoms with Gasteiger partial charge in [-0.2, -0.15) is 0 Å². The first kappa shape index (κ1) is 22.4. The topological polar surface area (TPSA) is 77.8 Å². The lowest BCUT2D eigenvalue weighted by Crippen LogP contribution is -1.98. The van der Waals surface area contributed by atoms with Gasteiger partial charge in [0.25, 0.3) is 0 Å². The zero-order chi connectivity index (χ0) is 17.9. The smallest absolute Gasteiger partial charge is 0.303 e. The third kappa shape index (κ3) is 18.4. The van der Waals surface area contributed by atoms with Crippen LogP contribution in [-0.2, 0) is 4.79 Å². The quantitative estimate of drug-likeness (QED) is 0.238. The lowest BCUT2D eigenvalue weighted by molar-refractivity contribution is -0.137. The molecule has 0 aromatic heterocycles. The Morgan fingerprint density at radius 3 is 2.38 bits per heavy atom. The van der Waals surface area contributed by atoms with Gasteiger partial charge in [0, 0.05) is 13.0 Å². The maximum atomic E-state index is 10.3. The minimum atomic E-state index is -0.747. The van der Waals surface area contributed by atoms with Gasteiger partial charge in [-0.05, 0) is 44.9 Å². The molecule has 0 aliphatic rings. The highest BCUT2D eigenvalue weighted by Crippen LogP contribution is 2.02. The molecule has 0 radical (unpaired) electrons. The molecule has 0 rings (SSSR count). The summed E-state index contributed by atoms with van der Waals surface area (Å²) in [6.07, 6.45) is 22.2. The summed E-state index contributed by atoms with van der Waals surface area (Å²) < 4.78 is 0. The van der Waals surface area contributed by atoms with Crippen molar-refractivity contribution in [3.63, 3.8) is 0 Å². The molecule has 4 nitrogen and oxygen atoms in total. The van der Waals surface area contributed by atoms with E-state index < -0.39 is 12.1 Å². The highest BCUT2D eigenvalue weighted by Gasteiger charge is 1.94. The standard InChI is InChI=1S/C20H32O4/c21-18-14-10-6-5-8-12-16-19(22)15-11-7-3-1-2-4-9-13-17-20(23)24/h2-4,7-8,11-12,15,19,21-22H,1,5-6,9-10,13-14,16-18H2,(H,23,24)/b4-2-,7-3-,12-8-,15-11+. The average molecular weight is 336 g/mol. The van der Waals surface area contributed by atoms with Gasteiger partial charge in [-0.15, -0.1) is 0 Å². The van der Waals surface area contributed by atoms with Crippen molar-refractivity contribution in [2.45, 2.75) is 63.9 Å². The van der Waals surface area contributed by atoms with Crippen LogP contribution in [0.3, 0.4) is 0 Å². The molecular formula is C20H32O4. The van der Waals surface area contributed by atoms with Gasteiger partial charge in [0.1, 0.15) is 0 Å². The van der Waals surface area contributed by atoms with Crippen LogP contribution in [0.25, 0.3) is 0 Å². The summed E-state index contributed by atoms with van der Waals surface area (Å²) >= 11 is 0. The average Bonchev–Trinajstić information content (AvgIpc) is 2.55. The minimum Gasteiger partial charge on any atom is -0.481 e. The van der Waals surface area contributed by atoms with Crippen molar-refractivity contribution >= 4 is 5.97 Å². The molecule has 0 aromatic carbocycles. The SMILES string of the molecule is O=C(O)CCC/C=C\C/C=C\C=C\C(O)C/C=C\CCCCCO. The van der Waals surface area contributed by atoms with Crippen LogP contribution in [0.1, 0.15) is 57.8 Å². The van der Waals surface area contributed by atoms with Crippen LogP contribution in [0, 0.1) is 0 Å². The Balaban J connectivity index is 3.61. The summed E-state index contributed by atoms with van der Waals surface area (Å²) in [7, 11) is 0. The molecule has 0 bridgehead atoms. The molecule has 136 valence electrons. The summed E-state index contributed by atoms with van der Waals surface area (Å²) in [6.45, 7) is 0.265. The molecule has 0 aliphatic heterocycles. The number of carboxylic acid groups (broad SMARTS) is 1. The maximum absolute atomic E-state index is 10.3. The molecule has 0 spiro atoms. The number of carbonyl (C=O) groups is 1. The molecular weight excluding hydrogens is 304 g/mol. The summed E-state index contributed by atoms with van der Waals surface area (Å²) in [5, 5.41) is 26.9. The third-order valence-electron chi connectivity index (χ3n) is 3.35. The van der Waals surface area contributed by atoms with Gasteiger partial charge in [0.05, 0.1) is 6.10 Å². The second-order valence-corrected chi connectivity index (χ2v) is 5.65. The molecule has 0 aromatic rings. The van der Waals surface area contributed by atoms with E-state index in [1.807, 2.05) is 36.5 Å². The second kappa shape index (κ2) is 17.7. The van der Waals surface area contributed by atoms with Gasteiger partial charge < -0.3 is 15.3 Å². The summed E-state index contributed by atoms with van der Waals surface area (Å²) in [5.74, 6) is -0.747. The van der Waals surface area contributed by atoms with Crippen molar-refractivity contribution in [1.29, 1.82) is 0 Å². The number of hydrogen-bond acceptors (Lipinski definition) is 3. The highest BCUT2D eigenvalue weighted by atomic mass is 16.4. The van der Waals surface area contributed by atoms with E-state index in [2.05, 4.69) is 6.08 Å². The summed E-state index contributed by atoms with van der Waals surface area (Å²) in [5.41, 5.74) is 0. The number of aliphatic hydroxyl groups is 2. The molecule has 0 saturated heterocycles. The number of aliphatic carboxylic acids is 1. The van der Waals surface area contributed by atoms with Crippen molar-refractivity contribution in [2.75, 3.05) is 6.61 Å². The van der Waals surface area contributed by atoms with Crippen LogP contribution in [0.4, 0.5) is 0 Å². The van der Waals surface area contributed by atoms with Gasteiger partial charge in [0.2, 0.25) is 0 Å². The Bertz CT molecular complexity index is 408. The number of aliphatic hydroxyl groups excluding tert-OH is 2. The zero-order valence-electron chi connectivity index (χ0n) is 14.5. The molecule has 24 heavy (non-hydrogen) atoms. The van der Waals surface area contributed by atoms with Crippen LogP contribution in [0.5, 0.6) is 0 Å². The second-order valence-electron chi connectivity index (χ2n) is 5.65. The predicted molar refractivity (Wildman–Crippen MR) is 98.8 cm³/mol. The first-order valence-electron chi connectivity index (χ1n) is 8.81. The van der Waals surface area contributed by atoms with E-state index in [4.69, 9.17) is 10.2 Å². The largest absolute Gasteiger partial charge is 0.481 e. The fourth-order valence-electron chi connectivity index (χ4n) is 2.00. The summed E-state index contributed by atoms with van der Waals surface area (Å²) in [6, 6.07) is 0. The van der Waals surface area contributed by atoms with Crippen LogP contribution in [0.2, 0.25) is 0 Å². The van der Waals surface area contributed by atoms with E-state index in [1.165, 1.54) is 0 Å². The van der Waals surface area contributed by atoms with E-state index in [1.54, 1.807) is 6.08 Å². The zero-order valence-corrected chi connectivity index (χ0v) is 14.5. The Kier molecular flexibility index (Phi) is 16.5. The molecule has 0 heterocycles. The number of unbranched alkanes of at least 4 members (excludes halogenated alkanes) is 4. The molecule has 1 unspecified atom stereocenters. The first-order valence-corrected chi connectivity index (χ1v) is 8.81. The van der Waals surface area contributed by atoms with Gasteiger partial charge >= 0.3 is 5.97 Å². The number of rotatable bonds is 15. The van der Waals surface area contributed by atoms with Crippen molar-refractivity contribution in [3.05, 3.63) is 48.6 Å². The van der Waals surface area contributed by atoms with Crippen LogP contribution < -0.4 is 0 Å². The fourth-order valence-corrected chi connectivity index (χ4v) is 2.00. The minimum absolute atomic E-state index is 0.220. The molecule has 3 N–H and O–H groups in total. The Morgan fingerprint density at radius 2 is 1.62 bits per heavy atom. The van der Waals surface area contributed by atoms with Crippen LogP contribution >= 0.6 is 0 Å². The highest BCUT2D eigenvalue weighted by molar-refractivity contribution is 5.66. The first-order chi connectivity index (χ1) is 11.7. The lowest BCUT2D eigenvalue weighted by Gasteiger charge is -1.99. The van der Waals surface area contributed by atoms with Gasteiger partial charge in [-0.1, -0.05) is 55.0 Å². The Hall–Kier alpha value is -1.65. The Labute approximate surface area is 145 Å².